The molecule has 1 fully saturated rings. The number of fused-ring (bicyclic) bond motifs is 1. The lowest BCUT2D eigenvalue weighted by molar-refractivity contribution is -0.140. The summed E-state index contributed by atoms with van der Waals surface area (Å²) in [6.45, 7) is 5.36. The van der Waals surface area contributed by atoms with Gasteiger partial charge in [-0.1, -0.05) is 51.7 Å². The van der Waals surface area contributed by atoms with Crippen LogP contribution in [0.2, 0.25) is 0 Å². The fourth-order valence-corrected chi connectivity index (χ4v) is 4.84. The van der Waals surface area contributed by atoms with Gasteiger partial charge < -0.3 is 20.6 Å². The first-order valence-corrected chi connectivity index (χ1v) is 11.6. The molecule has 0 radical (unpaired) electrons. The predicted molar refractivity (Wildman–Crippen MR) is 116 cm³/mol. The minimum absolute atomic E-state index is 0.0482. The van der Waals surface area contributed by atoms with Crippen molar-refractivity contribution in [2.45, 2.75) is 64.8 Å². The van der Waals surface area contributed by atoms with Crippen molar-refractivity contribution in [2.24, 2.45) is 23.7 Å². The molecule has 2 rings (SSSR count). The molecular weight excluding hydrogens is 382 g/mol. The van der Waals surface area contributed by atoms with Crippen LogP contribution in [0.3, 0.4) is 0 Å². The summed E-state index contributed by atoms with van der Waals surface area (Å²) in [4.78, 5) is 40.8. The molecule has 1 saturated heterocycles. The number of hydrogen-bond donors (Lipinski definition) is 3. The van der Waals surface area contributed by atoms with Gasteiger partial charge in [0, 0.05) is 32.7 Å². The van der Waals surface area contributed by atoms with Gasteiger partial charge in [0.25, 0.3) is 0 Å². The summed E-state index contributed by atoms with van der Waals surface area (Å²) >= 11 is 0. The first-order valence-electron chi connectivity index (χ1n) is 11.6. The second kappa shape index (κ2) is 12.1. The zero-order valence-electron chi connectivity index (χ0n) is 18.7. The number of rotatable bonds is 12. The van der Waals surface area contributed by atoms with Crippen LogP contribution in [-0.4, -0.2) is 60.5 Å². The molecule has 2 aliphatic rings. The minimum atomic E-state index is -0.558. The van der Waals surface area contributed by atoms with Crippen LogP contribution in [0.25, 0.3) is 0 Å². The van der Waals surface area contributed by atoms with Crippen LogP contribution in [0.15, 0.2) is 12.2 Å². The van der Waals surface area contributed by atoms with E-state index in [1.54, 1.807) is 11.9 Å². The molecule has 0 aromatic carbocycles. The molecular formula is C23H39N3O4. The molecule has 0 saturated carbocycles. The Morgan fingerprint density at radius 3 is 2.47 bits per heavy atom. The third-order valence-corrected chi connectivity index (χ3v) is 6.48. The molecule has 0 unspecified atom stereocenters. The van der Waals surface area contributed by atoms with Crippen molar-refractivity contribution < 1.29 is 19.5 Å². The van der Waals surface area contributed by atoms with E-state index in [0.717, 1.165) is 44.9 Å². The number of amides is 3. The second-order valence-electron chi connectivity index (χ2n) is 8.60. The van der Waals surface area contributed by atoms with Crippen molar-refractivity contribution in [1.82, 2.24) is 15.5 Å². The van der Waals surface area contributed by atoms with E-state index in [4.69, 9.17) is 5.11 Å². The number of hydrogen-bond acceptors (Lipinski definition) is 4. The average molecular weight is 422 g/mol. The average Bonchev–Trinajstić information content (AvgIpc) is 3.02. The van der Waals surface area contributed by atoms with Crippen LogP contribution in [0.5, 0.6) is 0 Å². The fourth-order valence-electron chi connectivity index (χ4n) is 4.84. The molecule has 0 aromatic rings. The highest BCUT2D eigenvalue weighted by atomic mass is 16.3. The Morgan fingerprint density at radius 1 is 1.07 bits per heavy atom. The Balaban J connectivity index is 2.19. The number of aliphatic hydroxyl groups is 1. The number of nitrogens with one attached hydrogen (secondary N) is 2. The summed E-state index contributed by atoms with van der Waals surface area (Å²) in [5.74, 6) is -1.60. The molecule has 1 heterocycles. The maximum atomic E-state index is 13.4. The number of allylic oxidation sites excluding steroid dienone is 1. The Hall–Kier alpha value is -1.89. The normalized spacial score (nSPS) is 27.8. The Kier molecular flexibility index (Phi) is 9.82. The molecule has 0 aromatic heterocycles. The third kappa shape index (κ3) is 5.62. The Labute approximate surface area is 180 Å². The molecule has 0 bridgehead atoms. The molecule has 5 atom stereocenters. The first kappa shape index (κ1) is 24.4. The van der Waals surface area contributed by atoms with Gasteiger partial charge in [-0.25, -0.2) is 0 Å². The number of aliphatic hydroxyl groups excluding tert-OH is 1. The smallest absolute Gasteiger partial charge is 0.243 e. The summed E-state index contributed by atoms with van der Waals surface area (Å²) in [5, 5.41) is 14.7. The van der Waals surface area contributed by atoms with E-state index in [1.165, 1.54) is 0 Å². The highest BCUT2D eigenvalue weighted by Gasteiger charge is 2.56. The van der Waals surface area contributed by atoms with Gasteiger partial charge in [-0.2, -0.15) is 0 Å². The summed E-state index contributed by atoms with van der Waals surface area (Å²) in [7, 11) is 1.60. The fraction of sp³-hybridized carbons (Fsp3) is 0.783. The molecule has 7 nitrogen and oxygen atoms in total. The zero-order valence-corrected chi connectivity index (χ0v) is 18.7. The van der Waals surface area contributed by atoms with Crippen molar-refractivity contribution in [3.8, 4) is 0 Å². The van der Waals surface area contributed by atoms with E-state index in [-0.39, 0.29) is 36.2 Å². The van der Waals surface area contributed by atoms with E-state index in [2.05, 4.69) is 17.6 Å². The number of nitrogens with zero attached hydrogens (tertiary/aromatic N) is 1. The van der Waals surface area contributed by atoms with Crippen LogP contribution < -0.4 is 10.6 Å². The van der Waals surface area contributed by atoms with E-state index in [1.807, 2.05) is 19.1 Å². The van der Waals surface area contributed by atoms with Crippen molar-refractivity contribution in [3.63, 3.8) is 0 Å². The van der Waals surface area contributed by atoms with Crippen LogP contribution in [-0.2, 0) is 14.4 Å². The predicted octanol–water partition coefficient (Wildman–Crippen LogP) is 1.86. The molecule has 7 heteroatoms. The number of likely N-dealkylation sites (tertiary alicyclic amines) is 1. The summed E-state index contributed by atoms with van der Waals surface area (Å²) in [6, 6.07) is -0.558. The van der Waals surface area contributed by atoms with Gasteiger partial charge in [-0.05, 0) is 25.2 Å². The molecule has 1 aliphatic carbocycles. The zero-order chi connectivity index (χ0) is 22.1. The van der Waals surface area contributed by atoms with E-state index in [0.29, 0.717) is 13.1 Å². The largest absolute Gasteiger partial charge is 0.396 e. The number of unbranched alkanes of at least 4 members (excludes halogenated alkanes) is 5. The van der Waals surface area contributed by atoms with Gasteiger partial charge >= 0.3 is 0 Å². The van der Waals surface area contributed by atoms with E-state index < -0.39 is 17.9 Å². The standard InChI is InChI=1S/C23H39N3O4/c1-4-5-8-13-25-22(29)20-17-12-11-16(2)18(21(28)24-3)19(17)23(30)26(20)14-9-6-7-10-15-27/h11-12,16-20,27H,4-10,13-15H2,1-3H3,(H,24,28)(H,25,29)/t16-,17+,18-,19+,20+/m1/s1. The van der Waals surface area contributed by atoms with Crippen LogP contribution in [0, 0.1) is 23.7 Å². The van der Waals surface area contributed by atoms with Crippen molar-refractivity contribution >= 4 is 17.7 Å². The Bertz CT molecular complexity index is 622. The highest BCUT2D eigenvalue weighted by Crippen LogP contribution is 2.44. The van der Waals surface area contributed by atoms with Gasteiger partial charge in [0.1, 0.15) is 6.04 Å². The SMILES string of the molecule is CCCCCNC(=O)[C@@H]1[C@H]2C=C[C@@H](C)[C@@H](C(=O)NC)[C@H]2C(=O)N1CCCCCCO. The van der Waals surface area contributed by atoms with E-state index in [9.17, 15) is 14.4 Å². The van der Waals surface area contributed by atoms with E-state index >= 15 is 0 Å². The van der Waals surface area contributed by atoms with Crippen molar-refractivity contribution in [2.75, 3.05) is 26.7 Å². The van der Waals surface area contributed by atoms with Crippen molar-refractivity contribution in [1.29, 1.82) is 0 Å². The summed E-state index contributed by atoms with van der Waals surface area (Å²) < 4.78 is 0. The molecule has 0 spiro atoms. The molecule has 170 valence electrons. The van der Waals surface area contributed by atoms with Crippen LogP contribution >= 0.6 is 0 Å². The maximum Gasteiger partial charge on any atom is 0.243 e. The van der Waals surface area contributed by atoms with Gasteiger partial charge in [-0.3, -0.25) is 14.4 Å². The Morgan fingerprint density at radius 2 is 1.80 bits per heavy atom. The number of carbonyl (C=O) groups excluding carboxylic acids is 3. The topological polar surface area (TPSA) is 98.7 Å². The van der Waals surface area contributed by atoms with Gasteiger partial charge in [0.05, 0.1) is 11.8 Å². The summed E-state index contributed by atoms with van der Waals surface area (Å²) in [5.41, 5.74) is 0. The van der Waals surface area contributed by atoms with Crippen LogP contribution in [0.4, 0.5) is 0 Å². The molecule has 1 aliphatic heterocycles. The molecule has 3 amide bonds. The summed E-state index contributed by atoms with van der Waals surface area (Å²) in [6.07, 6.45) is 10.4. The first-order chi connectivity index (χ1) is 14.5. The lowest BCUT2D eigenvalue weighted by Crippen LogP contribution is -2.47. The molecule has 3 N–H and O–H groups in total. The number of carbonyl (C=O) groups is 3. The minimum Gasteiger partial charge on any atom is -0.396 e. The van der Waals surface area contributed by atoms with Gasteiger partial charge in [-0.15, -0.1) is 0 Å². The lowest BCUT2D eigenvalue weighted by Gasteiger charge is -2.32. The highest BCUT2D eigenvalue weighted by molar-refractivity contribution is 5.96. The quantitative estimate of drug-likeness (QED) is 0.331. The monoisotopic (exact) mass is 421 g/mol. The maximum absolute atomic E-state index is 13.4. The second-order valence-corrected chi connectivity index (χ2v) is 8.60. The van der Waals surface area contributed by atoms with Crippen LogP contribution in [0.1, 0.15) is 58.8 Å². The van der Waals surface area contributed by atoms with Gasteiger partial charge in [0.2, 0.25) is 17.7 Å². The van der Waals surface area contributed by atoms with Gasteiger partial charge in [0.15, 0.2) is 0 Å². The third-order valence-electron chi connectivity index (χ3n) is 6.48. The molecule has 30 heavy (non-hydrogen) atoms. The van der Waals surface area contributed by atoms with Crippen molar-refractivity contribution in [3.05, 3.63) is 12.2 Å². The lowest BCUT2D eigenvalue weighted by atomic mass is 9.70.